The van der Waals surface area contributed by atoms with E-state index in [0.29, 0.717) is 22.7 Å². The van der Waals surface area contributed by atoms with Crippen LogP contribution in [0.2, 0.25) is 0 Å². The van der Waals surface area contributed by atoms with Crippen molar-refractivity contribution in [3.05, 3.63) is 60.6 Å². The number of hydrogen-bond acceptors (Lipinski definition) is 8. The van der Waals surface area contributed by atoms with Crippen LogP contribution in [0.4, 0.5) is 17.3 Å². The molecule has 1 amide bonds. The molecule has 0 saturated carbocycles. The second kappa shape index (κ2) is 10.9. The minimum Gasteiger partial charge on any atom is -0.497 e. The molecule has 5 rings (SSSR count). The fourth-order valence-electron chi connectivity index (χ4n) is 4.73. The molecule has 1 aliphatic rings. The minimum atomic E-state index is -4.02. The fraction of sp³-hybridized carbons (Fsp3) is 0.333. The number of nitrogens with one attached hydrogen (secondary N) is 2. The summed E-state index contributed by atoms with van der Waals surface area (Å²) in [7, 11) is -0.722. The Kier molecular flexibility index (Phi) is 7.38. The van der Waals surface area contributed by atoms with Crippen molar-refractivity contribution in [2.45, 2.75) is 31.2 Å². The zero-order valence-electron chi connectivity index (χ0n) is 22.1. The molecular formula is C27H31N7O4S. The number of para-hydroxylation sites is 2. The number of aryl methyl sites for hydroxylation is 1. The lowest BCUT2D eigenvalue weighted by Crippen LogP contribution is -2.37. The monoisotopic (exact) mass is 549 g/mol. The van der Waals surface area contributed by atoms with Crippen LogP contribution in [0.3, 0.4) is 0 Å². The first-order valence-electron chi connectivity index (χ1n) is 12.7. The molecule has 204 valence electrons. The van der Waals surface area contributed by atoms with Gasteiger partial charge in [0.25, 0.3) is 10.0 Å². The van der Waals surface area contributed by atoms with E-state index < -0.39 is 10.0 Å². The van der Waals surface area contributed by atoms with E-state index in [2.05, 4.69) is 20.0 Å². The normalized spacial score (nSPS) is 14.4. The van der Waals surface area contributed by atoms with Gasteiger partial charge in [0.1, 0.15) is 5.75 Å². The molecule has 3 heterocycles. The van der Waals surface area contributed by atoms with E-state index in [1.54, 1.807) is 31.7 Å². The highest BCUT2D eigenvalue weighted by molar-refractivity contribution is 7.92. The SMILES string of the molecule is COc1ccc(CC2CCN(C(C)=O)CC2)c(Nc2nc3ccccc3nc2NS(=O)(=O)c2cn(C)cn2)c1. The van der Waals surface area contributed by atoms with Crippen molar-refractivity contribution in [1.82, 2.24) is 24.4 Å². The zero-order valence-corrected chi connectivity index (χ0v) is 22.9. The van der Waals surface area contributed by atoms with Crippen LogP contribution in [0.25, 0.3) is 11.0 Å². The van der Waals surface area contributed by atoms with Crippen molar-refractivity contribution in [2.75, 3.05) is 30.2 Å². The molecule has 0 atom stereocenters. The molecule has 0 unspecified atom stereocenters. The lowest BCUT2D eigenvalue weighted by atomic mass is 9.89. The first-order valence-corrected chi connectivity index (χ1v) is 14.2. The van der Waals surface area contributed by atoms with Gasteiger partial charge in [-0.3, -0.25) is 9.52 Å². The summed E-state index contributed by atoms with van der Waals surface area (Å²) in [5, 5.41) is 3.21. The maximum Gasteiger partial charge on any atom is 0.282 e. The van der Waals surface area contributed by atoms with Crippen molar-refractivity contribution >= 4 is 44.3 Å². The second-order valence-corrected chi connectivity index (χ2v) is 11.3. The third-order valence-electron chi connectivity index (χ3n) is 6.90. The molecule has 0 radical (unpaired) electrons. The van der Waals surface area contributed by atoms with Crippen LogP contribution in [-0.4, -0.2) is 58.9 Å². The highest BCUT2D eigenvalue weighted by Crippen LogP contribution is 2.33. The van der Waals surface area contributed by atoms with Crippen molar-refractivity contribution in [2.24, 2.45) is 13.0 Å². The Hall–Kier alpha value is -4.19. The number of sulfonamides is 1. The quantitative estimate of drug-likeness (QED) is 0.340. The summed E-state index contributed by atoms with van der Waals surface area (Å²) < 4.78 is 35.9. The number of imidazole rings is 1. The summed E-state index contributed by atoms with van der Waals surface area (Å²) in [6.07, 6.45) is 5.45. The summed E-state index contributed by atoms with van der Waals surface area (Å²) in [4.78, 5) is 26.9. The smallest absolute Gasteiger partial charge is 0.282 e. The van der Waals surface area contributed by atoms with E-state index in [4.69, 9.17) is 9.72 Å². The van der Waals surface area contributed by atoms with Crippen LogP contribution in [-0.2, 0) is 28.3 Å². The molecule has 2 aromatic carbocycles. The van der Waals surface area contributed by atoms with Gasteiger partial charge in [0.2, 0.25) is 5.91 Å². The lowest BCUT2D eigenvalue weighted by Gasteiger charge is -2.31. The van der Waals surface area contributed by atoms with E-state index in [1.807, 2.05) is 41.3 Å². The molecule has 0 aliphatic carbocycles. The van der Waals surface area contributed by atoms with Gasteiger partial charge in [-0.25, -0.2) is 15.0 Å². The number of hydrogen-bond donors (Lipinski definition) is 2. The lowest BCUT2D eigenvalue weighted by molar-refractivity contribution is -0.130. The Morgan fingerprint density at radius 2 is 1.77 bits per heavy atom. The Bertz CT molecular complexity index is 1610. The second-order valence-electron chi connectivity index (χ2n) is 9.69. The van der Waals surface area contributed by atoms with Gasteiger partial charge < -0.3 is 19.5 Å². The molecule has 1 fully saturated rings. The van der Waals surface area contributed by atoms with Crippen molar-refractivity contribution in [1.29, 1.82) is 0 Å². The number of amides is 1. The highest BCUT2D eigenvalue weighted by atomic mass is 32.2. The fourth-order valence-corrected chi connectivity index (χ4v) is 5.73. The average Bonchev–Trinajstić information content (AvgIpc) is 3.37. The zero-order chi connectivity index (χ0) is 27.6. The number of ether oxygens (including phenoxy) is 1. The van der Waals surface area contributed by atoms with E-state index in [0.717, 1.165) is 43.6 Å². The molecule has 11 nitrogen and oxygen atoms in total. The molecule has 0 spiro atoms. The number of nitrogens with zero attached hydrogens (tertiary/aromatic N) is 5. The number of carbonyl (C=O) groups is 1. The number of fused-ring (bicyclic) bond motifs is 1. The molecule has 39 heavy (non-hydrogen) atoms. The van der Waals surface area contributed by atoms with E-state index in [9.17, 15) is 13.2 Å². The van der Waals surface area contributed by atoms with Crippen LogP contribution < -0.4 is 14.8 Å². The van der Waals surface area contributed by atoms with Crippen LogP contribution in [0.15, 0.2) is 60.0 Å². The van der Waals surface area contributed by atoms with E-state index in [1.165, 1.54) is 12.5 Å². The standard InChI is InChI=1S/C27H31N7O4S/c1-18(35)34-12-10-19(11-13-34)14-20-8-9-21(38-3)15-24(20)31-26-27(30-23-7-5-4-6-22(23)29-26)32-39(36,37)25-16-33(2)17-28-25/h4-9,15-17,19H,10-14H2,1-3H3,(H,29,31)(H,30,32). The third kappa shape index (κ3) is 5.95. The summed E-state index contributed by atoms with van der Waals surface area (Å²) in [6.45, 7) is 3.10. The molecule has 2 aromatic heterocycles. The van der Waals surface area contributed by atoms with Gasteiger partial charge in [0.15, 0.2) is 16.7 Å². The summed E-state index contributed by atoms with van der Waals surface area (Å²) >= 11 is 0. The number of rotatable bonds is 8. The largest absolute Gasteiger partial charge is 0.497 e. The van der Waals surface area contributed by atoms with Crippen LogP contribution in [0, 0.1) is 5.92 Å². The number of likely N-dealkylation sites (tertiary alicyclic amines) is 1. The van der Waals surface area contributed by atoms with Gasteiger partial charge in [-0.15, -0.1) is 0 Å². The number of aromatic nitrogens is 4. The first-order chi connectivity index (χ1) is 18.7. The van der Waals surface area contributed by atoms with Crippen molar-refractivity contribution in [3.8, 4) is 5.75 Å². The Balaban J connectivity index is 1.49. The van der Waals surface area contributed by atoms with Gasteiger partial charge in [0, 0.05) is 45.0 Å². The topological polar surface area (TPSA) is 131 Å². The number of anilines is 3. The minimum absolute atomic E-state index is 0.0582. The number of carbonyl (C=O) groups excluding carboxylic acids is 1. The molecule has 1 aliphatic heterocycles. The first kappa shape index (κ1) is 26.4. The predicted octanol–water partition coefficient (Wildman–Crippen LogP) is 3.72. The van der Waals surface area contributed by atoms with Gasteiger partial charge >= 0.3 is 0 Å². The Labute approximate surface area is 227 Å². The molecule has 2 N–H and O–H groups in total. The van der Waals surface area contributed by atoms with Crippen molar-refractivity contribution < 1.29 is 17.9 Å². The van der Waals surface area contributed by atoms with Gasteiger partial charge in [-0.05, 0) is 48.9 Å². The molecular weight excluding hydrogens is 518 g/mol. The molecule has 12 heteroatoms. The van der Waals surface area contributed by atoms with Gasteiger partial charge in [0.05, 0.1) is 24.5 Å². The molecule has 1 saturated heterocycles. The van der Waals surface area contributed by atoms with Gasteiger partial charge in [-0.2, -0.15) is 8.42 Å². The van der Waals surface area contributed by atoms with E-state index in [-0.39, 0.29) is 22.6 Å². The third-order valence-corrected chi connectivity index (χ3v) is 8.12. The van der Waals surface area contributed by atoms with Crippen LogP contribution in [0.1, 0.15) is 25.3 Å². The summed E-state index contributed by atoms with van der Waals surface area (Å²) in [5.41, 5.74) is 2.93. The molecule has 0 bridgehead atoms. The maximum absolute atomic E-state index is 13.1. The number of piperidine rings is 1. The van der Waals surface area contributed by atoms with Crippen molar-refractivity contribution in [3.63, 3.8) is 0 Å². The molecule has 4 aromatic rings. The average molecular weight is 550 g/mol. The Morgan fingerprint density at radius 1 is 1.08 bits per heavy atom. The number of benzene rings is 2. The maximum atomic E-state index is 13.1. The summed E-state index contributed by atoms with van der Waals surface area (Å²) in [6, 6.07) is 13.0. The Morgan fingerprint density at radius 3 is 2.38 bits per heavy atom. The van der Waals surface area contributed by atoms with Crippen LogP contribution >= 0.6 is 0 Å². The van der Waals surface area contributed by atoms with Crippen LogP contribution in [0.5, 0.6) is 5.75 Å². The van der Waals surface area contributed by atoms with E-state index >= 15 is 0 Å². The summed E-state index contributed by atoms with van der Waals surface area (Å²) in [5.74, 6) is 1.48. The van der Waals surface area contributed by atoms with Gasteiger partial charge in [-0.1, -0.05) is 18.2 Å². The number of methoxy groups -OCH3 is 1. The predicted molar refractivity (Wildman–Crippen MR) is 149 cm³/mol. The highest BCUT2D eigenvalue weighted by Gasteiger charge is 2.24.